The van der Waals surface area contributed by atoms with Crippen LogP contribution in [-0.4, -0.2) is 35.3 Å². The highest BCUT2D eigenvalue weighted by atomic mass is 35.5. The van der Waals surface area contributed by atoms with Gasteiger partial charge in [-0.2, -0.15) is 5.10 Å². The maximum Gasteiger partial charge on any atom is 0.255 e. The highest BCUT2D eigenvalue weighted by Gasteiger charge is 2.28. The van der Waals surface area contributed by atoms with Crippen LogP contribution >= 0.6 is 24.0 Å². The number of aryl methyl sites for hydroxylation is 1. The zero-order valence-electron chi connectivity index (χ0n) is 16.1. The van der Waals surface area contributed by atoms with E-state index in [0.717, 1.165) is 42.9 Å². The minimum Gasteiger partial charge on any atom is -0.351 e. The lowest BCUT2D eigenvalue weighted by molar-refractivity contribution is 0.0921. The van der Waals surface area contributed by atoms with E-state index in [1.54, 1.807) is 0 Å². The predicted octanol–water partition coefficient (Wildman–Crippen LogP) is 3.74. The molecule has 0 radical (unpaired) electrons. The maximum absolute atomic E-state index is 12.8. The molecule has 0 unspecified atom stereocenters. The number of carbonyl (C=O) groups is 1. The zero-order valence-corrected chi connectivity index (χ0v) is 17.7. The number of nitrogens with one attached hydrogen (secondary N) is 2. The molecule has 0 bridgehead atoms. The Balaban J connectivity index is 0.00000261. The minimum atomic E-state index is -0.0369. The fourth-order valence-corrected chi connectivity index (χ4v) is 3.75. The Morgan fingerprint density at radius 3 is 2.63 bits per heavy atom. The summed E-state index contributed by atoms with van der Waals surface area (Å²) in [5.41, 5.74) is 3.46. The Bertz CT molecular complexity index is 797. The van der Waals surface area contributed by atoms with Crippen molar-refractivity contribution >= 4 is 29.9 Å². The van der Waals surface area contributed by atoms with E-state index in [0.29, 0.717) is 23.7 Å². The highest BCUT2D eigenvalue weighted by Crippen LogP contribution is 2.27. The van der Waals surface area contributed by atoms with Crippen LogP contribution in [0.1, 0.15) is 47.1 Å². The van der Waals surface area contributed by atoms with Gasteiger partial charge in [0.05, 0.1) is 17.8 Å². The lowest BCUT2D eigenvalue weighted by Gasteiger charge is -2.34. The molecule has 5 nitrogen and oxygen atoms in total. The number of hydrogen-bond acceptors (Lipinski definition) is 3. The van der Waals surface area contributed by atoms with E-state index in [1.165, 1.54) is 0 Å². The molecule has 1 amide bonds. The van der Waals surface area contributed by atoms with Crippen LogP contribution in [0.4, 0.5) is 0 Å². The quantitative estimate of drug-likeness (QED) is 0.788. The molecule has 2 N–H and O–H groups in total. The standard InChI is InChI=1S/C20H27ClN4O.ClH/c1-14-18(19(26)23-13-20(3)8-10-22-11-9-20)15(2)25(24-14)12-16-6-4-5-7-17(16)21;/h4-7,22H,8-13H2,1-3H3,(H,23,26);1H. The van der Waals surface area contributed by atoms with Crippen molar-refractivity contribution in [3.05, 3.63) is 51.8 Å². The molecule has 1 aliphatic heterocycles. The summed E-state index contributed by atoms with van der Waals surface area (Å²) in [4.78, 5) is 12.8. The number of carbonyl (C=O) groups excluding carboxylic acids is 1. The second kappa shape index (κ2) is 9.09. The van der Waals surface area contributed by atoms with E-state index < -0.39 is 0 Å². The minimum absolute atomic E-state index is 0. The molecular formula is C20H28Cl2N4O. The Morgan fingerprint density at radius 2 is 1.96 bits per heavy atom. The van der Waals surface area contributed by atoms with Crippen molar-refractivity contribution in [1.82, 2.24) is 20.4 Å². The summed E-state index contributed by atoms with van der Waals surface area (Å²) in [7, 11) is 0. The fourth-order valence-electron chi connectivity index (χ4n) is 3.56. The summed E-state index contributed by atoms with van der Waals surface area (Å²) >= 11 is 6.26. The maximum atomic E-state index is 12.8. The van der Waals surface area contributed by atoms with Crippen LogP contribution < -0.4 is 10.6 Å². The van der Waals surface area contributed by atoms with Crippen LogP contribution in [0.2, 0.25) is 5.02 Å². The molecule has 1 aromatic heterocycles. The molecule has 1 saturated heterocycles. The van der Waals surface area contributed by atoms with Crippen molar-refractivity contribution in [3.63, 3.8) is 0 Å². The number of piperidine rings is 1. The topological polar surface area (TPSA) is 59.0 Å². The third-order valence-electron chi connectivity index (χ3n) is 5.37. The van der Waals surface area contributed by atoms with Gasteiger partial charge in [0.25, 0.3) is 5.91 Å². The first kappa shape index (κ1) is 21.7. The van der Waals surface area contributed by atoms with Crippen molar-refractivity contribution in [2.24, 2.45) is 5.41 Å². The Labute approximate surface area is 172 Å². The summed E-state index contributed by atoms with van der Waals surface area (Å²) < 4.78 is 1.86. The lowest BCUT2D eigenvalue weighted by Crippen LogP contribution is -2.43. The van der Waals surface area contributed by atoms with Crippen molar-refractivity contribution in [1.29, 1.82) is 0 Å². The summed E-state index contributed by atoms with van der Waals surface area (Å²) in [5.74, 6) is -0.0369. The van der Waals surface area contributed by atoms with Gasteiger partial charge < -0.3 is 10.6 Å². The van der Waals surface area contributed by atoms with Crippen molar-refractivity contribution in [3.8, 4) is 0 Å². The molecule has 1 fully saturated rings. The number of benzene rings is 1. The van der Waals surface area contributed by atoms with Gasteiger partial charge in [-0.05, 0) is 56.8 Å². The fraction of sp³-hybridized carbons (Fsp3) is 0.500. The van der Waals surface area contributed by atoms with Gasteiger partial charge in [-0.15, -0.1) is 12.4 Å². The second-order valence-electron chi connectivity index (χ2n) is 7.54. The molecule has 27 heavy (non-hydrogen) atoms. The number of amides is 1. The SMILES string of the molecule is Cc1nn(Cc2ccccc2Cl)c(C)c1C(=O)NCC1(C)CCNCC1.Cl. The first-order valence-corrected chi connectivity index (χ1v) is 9.54. The Morgan fingerprint density at radius 1 is 1.30 bits per heavy atom. The highest BCUT2D eigenvalue weighted by molar-refractivity contribution is 6.31. The number of hydrogen-bond donors (Lipinski definition) is 2. The largest absolute Gasteiger partial charge is 0.351 e. The van der Waals surface area contributed by atoms with Crippen LogP contribution in [0.5, 0.6) is 0 Å². The molecular weight excluding hydrogens is 383 g/mol. The molecule has 1 aliphatic rings. The second-order valence-corrected chi connectivity index (χ2v) is 7.95. The molecule has 0 aliphatic carbocycles. The molecule has 0 saturated carbocycles. The van der Waals surface area contributed by atoms with Gasteiger partial charge in [-0.3, -0.25) is 9.48 Å². The van der Waals surface area contributed by atoms with Gasteiger partial charge >= 0.3 is 0 Å². The molecule has 1 aromatic carbocycles. The van der Waals surface area contributed by atoms with Gasteiger partial charge in [0.2, 0.25) is 0 Å². The van der Waals surface area contributed by atoms with E-state index in [1.807, 2.05) is 42.8 Å². The third kappa shape index (κ3) is 5.03. The van der Waals surface area contributed by atoms with Crippen LogP contribution in [-0.2, 0) is 6.54 Å². The van der Waals surface area contributed by atoms with Crippen LogP contribution in [0.15, 0.2) is 24.3 Å². The number of aromatic nitrogens is 2. The Hall–Kier alpha value is -1.56. The first-order valence-electron chi connectivity index (χ1n) is 9.16. The van der Waals surface area contributed by atoms with Crippen LogP contribution in [0, 0.1) is 19.3 Å². The van der Waals surface area contributed by atoms with E-state index in [2.05, 4.69) is 22.7 Å². The van der Waals surface area contributed by atoms with E-state index in [9.17, 15) is 4.79 Å². The van der Waals surface area contributed by atoms with Crippen LogP contribution in [0.25, 0.3) is 0 Å². The third-order valence-corrected chi connectivity index (χ3v) is 5.74. The number of nitrogens with zero attached hydrogens (tertiary/aromatic N) is 2. The summed E-state index contributed by atoms with van der Waals surface area (Å²) in [6, 6.07) is 7.72. The summed E-state index contributed by atoms with van der Waals surface area (Å²) in [6.45, 7) is 9.36. The van der Waals surface area contributed by atoms with Crippen molar-refractivity contribution in [2.45, 2.75) is 40.2 Å². The average Bonchev–Trinajstić information content (AvgIpc) is 2.89. The summed E-state index contributed by atoms with van der Waals surface area (Å²) in [6.07, 6.45) is 2.16. The lowest BCUT2D eigenvalue weighted by atomic mass is 9.81. The molecule has 2 heterocycles. The molecule has 148 valence electrons. The Kier molecular flexibility index (Phi) is 7.32. The van der Waals surface area contributed by atoms with Gasteiger partial charge in [-0.1, -0.05) is 36.7 Å². The normalized spacial score (nSPS) is 15.9. The molecule has 7 heteroatoms. The number of halogens is 2. The van der Waals surface area contributed by atoms with Gasteiger partial charge in [0.15, 0.2) is 0 Å². The summed E-state index contributed by atoms with van der Waals surface area (Å²) in [5, 5.41) is 11.8. The van der Waals surface area contributed by atoms with Gasteiger partial charge in [-0.25, -0.2) is 0 Å². The first-order chi connectivity index (χ1) is 12.4. The van der Waals surface area contributed by atoms with Gasteiger partial charge in [0, 0.05) is 17.3 Å². The van der Waals surface area contributed by atoms with Crippen LogP contribution in [0.3, 0.4) is 0 Å². The van der Waals surface area contributed by atoms with E-state index in [-0.39, 0.29) is 23.7 Å². The molecule has 2 aromatic rings. The van der Waals surface area contributed by atoms with Crippen molar-refractivity contribution < 1.29 is 4.79 Å². The zero-order chi connectivity index (χ0) is 18.7. The molecule has 3 rings (SSSR count). The predicted molar refractivity (Wildman–Crippen MR) is 112 cm³/mol. The van der Waals surface area contributed by atoms with Gasteiger partial charge in [0.1, 0.15) is 0 Å². The molecule has 0 atom stereocenters. The van der Waals surface area contributed by atoms with Crippen molar-refractivity contribution in [2.75, 3.05) is 19.6 Å². The van der Waals surface area contributed by atoms with E-state index >= 15 is 0 Å². The molecule has 0 spiro atoms. The monoisotopic (exact) mass is 410 g/mol. The number of rotatable bonds is 5. The van der Waals surface area contributed by atoms with E-state index in [4.69, 9.17) is 11.6 Å². The average molecular weight is 411 g/mol. The smallest absolute Gasteiger partial charge is 0.255 e.